The molecule has 3 aliphatic heterocycles. The Morgan fingerprint density at radius 2 is 0.509 bits per heavy atom. The van der Waals surface area contributed by atoms with Crippen molar-refractivity contribution in [3.63, 3.8) is 0 Å². The van der Waals surface area contributed by atoms with Gasteiger partial charge in [0.15, 0.2) is 46.3 Å². The van der Waals surface area contributed by atoms with Gasteiger partial charge in [0.25, 0.3) is 0 Å². The average molecular weight is 1740 g/mol. The molecule has 11 nitrogen and oxygen atoms in total. The van der Waals surface area contributed by atoms with E-state index >= 15 is 0 Å². The molecule has 0 unspecified atom stereocenters. The molecule has 0 saturated carbocycles. The molecule has 4 heterocycles. The number of aliphatic imine (C=N–C) groups is 4. The van der Waals surface area contributed by atoms with Crippen molar-refractivity contribution in [1.82, 2.24) is 4.98 Å². The van der Waals surface area contributed by atoms with Gasteiger partial charge in [0.1, 0.15) is 54.1 Å². The second kappa shape index (κ2) is 29.0. The van der Waals surface area contributed by atoms with E-state index in [9.17, 15) is 0 Å². The minimum Gasteiger partial charge on any atom is -0.454 e. The van der Waals surface area contributed by atoms with Crippen molar-refractivity contribution in [2.75, 3.05) is 0 Å². The molecule has 0 spiro atoms. The summed E-state index contributed by atoms with van der Waals surface area (Å²) < 4.78 is 28.0. The second-order valence-electron chi connectivity index (χ2n) is 37.2. The summed E-state index contributed by atoms with van der Waals surface area (Å²) in [5.41, 5.74) is 6.42. The molecule has 8 aromatic carbocycles. The standard InChI is InChI=1S/C89H87Cl12N7O4/c1-82(2,3)38-25-29-48(42(33-38)86(13,14)15)109-72-64(94)53-47-37-46(52(53)60(90)68(72)98)102-76-54-58(66(96)74(69(99)61(54)91)111-50-31-27-40(84(7,8)9)35-44(50)88(19,20)21)80(104-76)108-81-59-56(63(93)71(101)75(67(59)97)112-51-32-28-41(85(10,11)12)36-45(51)89(22,23)24)78(107-81)106-79-57-55(77(103-47)105-79)62(92)70(100)73(65(57)95)110-49-30-26-39(83(4,5)6)34-43(49)87(16,17)18/h25-36H,37H2,1-24H3,(H,102,103,104,105,106,107,108). The summed E-state index contributed by atoms with van der Waals surface area (Å²) in [6.45, 7) is 51.0. The number of rotatable bonds is 8. The van der Waals surface area contributed by atoms with Gasteiger partial charge in [-0.25, -0.2) is 30.0 Å². The van der Waals surface area contributed by atoms with Crippen LogP contribution in [0.3, 0.4) is 0 Å². The van der Waals surface area contributed by atoms with Gasteiger partial charge in [0.05, 0.1) is 84.6 Å². The molecule has 0 atom stereocenters. The first-order valence-corrected chi connectivity index (χ1v) is 41.3. The second-order valence-corrected chi connectivity index (χ2v) is 41.7. The van der Waals surface area contributed by atoms with Crippen molar-refractivity contribution in [1.29, 1.82) is 0 Å². The molecule has 23 heteroatoms. The van der Waals surface area contributed by atoms with E-state index in [0.717, 1.165) is 44.5 Å². The fraction of sp³-hybridized carbons (Fsp3) is 0.371. The first-order valence-electron chi connectivity index (χ1n) is 36.7. The highest BCUT2D eigenvalue weighted by atomic mass is 35.5. The highest BCUT2D eigenvalue weighted by Gasteiger charge is 2.40. The molecule has 0 saturated heterocycles. The summed E-state index contributed by atoms with van der Waals surface area (Å²) in [4.78, 5) is 35.8. The van der Waals surface area contributed by atoms with E-state index in [1.807, 2.05) is 48.5 Å². The van der Waals surface area contributed by atoms with Gasteiger partial charge in [-0.05, 0) is 89.8 Å². The van der Waals surface area contributed by atoms with E-state index < -0.39 is 21.7 Å². The van der Waals surface area contributed by atoms with E-state index in [1.165, 1.54) is 0 Å². The summed E-state index contributed by atoms with van der Waals surface area (Å²) in [5, 5.41) is 0.485. The van der Waals surface area contributed by atoms with Crippen molar-refractivity contribution in [2.24, 2.45) is 30.0 Å². The van der Waals surface area contributed by atoms with Crippen LogP contribution in [0.15, 0.2) is 103 Å². The maximum absolute atomic E-state index is 7.93. The first-order chi connectivity index (χ1) is 51.6. The summed E-state index contributed by atoms with van der Waals surface area (Å²) in [7, 11) is 0. The minimum absolute atomic E-state index is 0.00256. The van der Waals surface area contributed by atoms with Gasteiger partial charge in [0.2, 0.25) is 0 Å². The monoisotopic (exact) mass is 1740 g/mol. The van der Waals surface area contributed by atoms with Crippen molar-refractivity contribution in [3.8, 4) is 46.0 Å². The molecule has 1 aliphatic carbocycles. The molecule has 4 aliphatic rings. The third-order valence-electron chi connectivity index (χ3n) is 20.4. The highest BCUT2D eigenvalue weighted by Crippen LogP contribution is 2.55. The topological polar surface area (TPSA) is 127 Å². The number of aromatic amines is 1. The average Bonchev–Trinajstić information content (AvgIpc) is 1.56. The first kappa shape index (κ1) is 83.9. The van der Waals surface area contributed by atoms with Crippen LogP contribution in [0.2, 0.25) is 60.3 Å². The predicted molar refractivity (Wildman–Crippen MR) is 473 cm³/mol. The number of hydrogen-bond acceptors (Lipinski definition) is 10. The Morgan fingerprint density at radius 3 is 0.812 bits per heavy atom. The molecule has 0 radical (unpaired) electrons. The zero-order valence-corrected chi connectivity index (χ0v) is 76.1. The number of halogens is 12. The summed E-state index contributed by atoms with van der Waals surface area (Å²) in [6, 6.07) is 24.2. The van der Waals surface area contributed by atoms with Gasteiger partial charge >= 0.3 is 0 Å². The Balaban J connectivity index is 1.17. The van der Waals surface area contributed by atoms with E-state index in [2.05, 4.69) is 195 Å². The summed E-state index contributed by atoms with van der Waals surface area (Å²) in [6.07, 6.45) is -0.130. The van der Waals surface area contributed by atoms with Crippen LogP contribution in [0.25, 0.3) is 22.2 Å². The molecule has 9 aromatic rings. The van der Waals surface area contributed by atoms with Crippen LogP contribution in [0.5, 0.6) is 46.0 Å². The van der Waals surface area contributed by atoms with Crippen LogP contribution < -0.4 is 40.4 Å². The highest BCUT2D eigenvalue weighted by molar-refractivity contribution is 6.53. The van der Waals surface area contributed by atoms with Crippen LogP contribution in [0, 0.1) is 0 Å². The van der Waals surface area contributed by atoms with Gasteiger partial charge in [0, 0.05) is 39.1 Å². The van der Waals surface area contributed by atoms with Crippen LogP contribution in [0.1, 0.15) is 239 Å². The minimum atomic E-state index is -0.448. The molecule has 8 bridgehead atoms. The number of aromatic nitrogens is 1. The Labute approximate surface area is 715 Å². The number of fused-ring (bicyclic) bond motifs is 16. The molecular formula is C89H87Cl12N7O4. The lowest BCUT2D eigenvalue weighted by Gasteiger charge is -2.27. The van der Waals surface area contributed by atoms with Crippen molar-refractivity contribution in [3.05, 3.63) is 221 Å². The van der Waals surface area contributed by atoms with Crippen LogP contribution in [-0.4, -0.2) is 28.3 Å². The largest absolute Gasteiger partial charge is 0.454 e. The normalized spacial score (nSPS) is 14.7. The lowest BCUT2D eigenvalue weighted by atomic mass is 9.80. The molecular weight excluding hydrogens is 1660 g/mol. The van der Waals surface area contributed by atoms with Gasteiger partial charge in [-0.2, -0.15) is 0 Å². The van der Waals surface area contributed by atoms with Crippen LogP contribution in [0.4, 0.5) is 0 Å². The Bertz CT molecular complexity index is 6030. The fourth-order valence-corrected chi connectivity index (χ4v) is 17.5. The molecule has 13 rings (SSSR count). The number of nitrogens with zero attached hydrogens (tertiary/aromatic N) is 6. The SMILES string of the molecule is CC(C)(C)c1ccc(Oc2c(Cl)c(Cl)c3c(c2Cl)C2=NC3=NC3=c4c(Cl)c(Oc5ccc(C(C)(C)C)cc5C(C)(C)C)c(Cl)c(Cl)c4=C(C3)N=C3N=C(N=c4[nH]c(c5c(Cl)c(Cl)c(Oc6ccc(C(C)(C)C)cc6C(C)(C)C)c(Cl)c45)=N2)c2c(Cl)c(Oc4ccc(C(C)(C)C)cc4C(C)(C)C)c(Cl)c(Cl)c23)c(C(C)(C)C)c1. The van der Waals surface area contributed by atoms with Gasteiger partial charge in [-0.1, -0.05) is 354 Å². The van der Waals surface area contributed by atoms with E-state index in [0.29, 0.717) is 23.0 Å². The number of nitrogens with one attached hydrogen (secondary N) is 1. The molecule has 1 N–H and O–H groups in total. The molecule has 0 fully saturated rings. The van der Waals surface area contributed by atoms with E-state index in [1.54, 1.807) is 0 Å². The quantitative estimate of drug-likeness (QED) is 0.152. The maximum Gasteiger partial charge on any atom is 0.166 e. The zero-order chi connectivity index (χ0) is 82.4. The number of hydrogen-bond donors (Lipinski definition) is 1. The van der Waals surface area contributed by atoms with Crippen molar-refractivity contribution < 1.29 is 18.9 Å². The predicted octanol–water partition coefficient (Wildman–Crippen LogP) is 28.5. The van der Waals surface area contributed by atoms with E-state index in [-0.39, 0.29) is 201 Å². The maximum atomic E-state index is 7.93. The lowest BCUT2D eigenvalue weighted by molar-refractivity contribution is 0.452. The Kier molecular flexibility index (Phi) is 21.7. The smallest absolute Gasteiger partial charge is 0.166 e. The Hall–Kier alpha value is -6.00. The number of amidine groups is 4. The molecule has 0 amide bonds. The third-order valence-corrected chi connectivity index (χ3v) is 25.2. The number of H-pyrrole nitrogens is 1. The summed E-state index contributed by atoms with van der Waals surface area (Å²) in [5.74, 6) is 1.79. The van der Waals surface area contributed by atoms with Crippen LogP contribution in [-0.2, 0) is 43.3 Å². The molecule has 1 aromatic heterocycles. The number of benzene rings is 8. The number of ether oxygens (including phenoxy) is 4. The molecule has 586 valence electrons. The van der Waals surface area contributed by atoms with Crippen molar-refractivity contribution in [2.45, 2.75) is 216 Å². The van der Waals surface area contributed by atoms with Crippen molar-refractivity contribution >= 4 is 185 Å². The van der Waals surface area contributed by atoms with Gasteiger partial charge in [-0.3, -0.25) is 0 Å². The fourth-order valence-electron chi connectivity index (χ4n) is 14.0. The third kappa shape index (κ3) is 15.1. The van der Waals surface area contributed by atoms with Gasteiger partial charge < -0.3 is 23.9 Å². The van der Waals surface area contributed by atoms with Crippen LogP contribution >= 0.6 is 139 Å². The van der Waals surface area contributed by atoms with E-state index in [4.69, 9.17) is 188 Å². The zero-order valence-electron chi connectivity index (χ0n) is 67.0. The lowest BCUT2D eigenvalue weighted by Crippen LogP contribution is -2.28. The van der Waals surface area contributed by atoms with Gasteiger partial charge in [-0.15, -0.1) is 0 Å². The molecule has 112 heavy (non-hydrogen) atoms. The summed E-state index contributed by atoms with van der Waals surface area (Å²) >= 11 is 93.1. The Morgan fingerprint density at radius 1 is 0.259 bits per heavy atom.